The van der Waals surface area contributed by atoms with E-state index in [2.05, 4.69) is 5.32 Å². The molecule has 0 radical (unpaired) electrons. The fourth-order valence-electron chi connectivity index (χ4n) is 1.92. The summed E-state index contributed by atoms with van der Waals surface area (Å²) in [5.41, 5.74) is 0.958. The number of methoxy groups -OCH3 is 1. The van der Waals surface area contributed by atoms with E-state index < -0.39 is 9.84 Å². The number of hydrogen-bond acceptors (Lipinski definition) is 6. The molecule has 112 valence electrons. The molecular weight excluding hydrogens is 282 g/mol. The van der Waals surface area contributed by atoms with Crippen molar-refractivity contribution in [2.24, 2.45) is 0 Å². The van der Waals surface area contributed by atoms with Gasteiger partial charge in [0.1, 0.15) is 23.1 Å². The summed E-state index contributed by atoms with van der Waals surface area (Å²) in [6.45, 7) is 1.98. The van der Waals surface area contributed by atoms with Crippen LogP contribution in [0.3, 0.4) is 0 Å². The van der Waals surface area contributed by atoms with Crippen molar-refractivity contribution in [1.82, 2.24) is 5.32 Å². The average molecular weight is 301 g/mol. The normalized spacial score (nSPS) is 14.1. The van der Waals surface area contributed by atoms with E-state index in [0.29, 0.717) is 43.6 Å². The summed E-state index contributed by atoms with van der Waals surface area (Å²) in [5, 5.41) is 3.09. The fourth-order valence-corrected chi connectivity index (χ4v) is 2.43. The lowest BCUT2D eigenvalue weighted by Crippen LogP contribution is -2.22. The maximum Gasteiger partial charge on any atom is 0.203 e. The van der Waals surface area contributed by atoms with Crippen LogP contribution in [-0.4, -0.2) is 47.3 Å². The molecule has 1 aliphatic rings. The first-order chi connectivity index (χ1) is 9.49. The summed E-state index contributed by atoms with van der Waals surface area (Å²) in [6, 6.07) is 3.74. The van der Waals surface area contributed by atoms with Gasteiger partial charge in [-0.05, 0) is 17.7 Å². The van der Waals surface area contributed by atoms with Crippen molar-refractivity contribution in [1.29, 1.82) is 0 Å². The molecule has 0 unspecified atom stereocenters. The van der Waals surface area contributed by atoms with Crippen LogP contribution >= 0.6 is 0 Å². The molecular formula is C13H19NO5S. The van der Waals surface area contributed by atoms with Crippen molar-refractivity contribution in [2.75, 3.05) is 38.9 Å². The zero-order chi connectivity index (χ0) is 14.6. The van der Waals surface area contributed by atoms with Gasteiger partial charge in [0.05, 0.1) is 12.9 Å². The number of fused-ring (bicyclic) bond motifs is 1. The third kappa shape index (κ3) is 4.01. The van der Waals surface area contributed by atoms with Crippen LogP contribution in [0.2, 0.25) is 0 Å². The summed E-state index contributed by atoms with van der Waals surface area (Å²) in [7, 11) is -1.36. The molecule has 1 aliphatic heterocycles. The van der Waals surface area contributed by atoms with Crippen molar-refractivity contribution >= 4 is 9.84 Å². The minimum atomic E-state index is -2.94. The van der Waals surface area contributed by atoms with Crippen LogP contribution in [-0.2, 0) is 16.4 Å². The van der Waals surface area contributed by atoms with Gasteiger partial charge in [-0.2, -0.15) is 0 Å². The fraction of sp³-hybridized carbons (Fsp3) is 0.538. The Balaban J connectivity index is 2.01. The molecule has 1 N–H and O–H groups in total. The minimum absolute atomic E-state index is 0.120. The van der Waals surface area contributed by atoms with Gasteiger partial charge >= 0.3 is 0 Å². The average Bonchev–Trinajstić information content (AvgIpc) is 2.41. The second-order valence-corrected chi connectivity index (χ2v) is 6.89. The molecule has 0 aliphatic carbocycles. The van der Waals surface area contributed by atoms with Crippen LogP contribution in [0, 0.1) is 0 Å². The van der Waals surface area contributed by atoms with Crippen LogP contribution in [0.5, 0.6) is 17.2 Å². The predicted molar refractivity (Wildman–Crippen MR) is 75.4 cm³/mol. The molecule has 0 spiro atoms. The van der Waals surface area contributed by atoms with E-state index in [1.165, 1.54) is 6.26 Å². The van der Waals surface area contributed by atoms with Crippen LogP contribution in [0.1, 0.15) is 5.56 Å². The maximum atomic E-state index is 11.0. The molecule has 1 aromatic carbocycles. The van der Waals surface area contributed by atoms with E-state index in [1.807, 2.05) is 12.1 Å². The standard InChI is InChI=1S/C13H19NO5S/c1-17-11-7-10(9-14-3-6-20(2,15)16)8-12-13(11)19-5-4-18-12/h7-8,14H,3-6,9H2,1-2H3. The monoisotopic (exact) mass is 301 g/mol. The van der Waals surface area contributed by atoms with Crippen LogP contribution in [0.4, 0.5) is 0 Å². The molecule has 1 aromatic rings. The van der Waals surface area contributed by atoms with E-state index in [4.69, 9.17) is 14.2 Å². The minimum Gasteiger partial charge on any atom is -0.493 e. The summed E-state index contributed by atoms with van der Waals surface area (Å²) in [4.78, 5) is 0. The first-order valence-electron chi connectivity index (χ1n) is 6.34. The predicted octanol–water partition coefficient (Wildman–Crippen LogP) is 0.601. The summed E-state index contributed by atoms with van der Waals surface area (Å²) >= 11 is 0. The highest BCUT2D eigenvalue weighted by Gasteiger charge is 2.18. The Bertz CT molecular complexity index is 553. The first kappa shape index (κ1) is 14.9. The van der Waals surface area contributed by atoms with E-state index >= 15 is 0 Å². The number of ether oxygens (including phenoxy) is 3. The van der Waals surface area contributed by atoms with Crippen molar-refractivity contribution in [3.8, 4) is 17.2 Å². The van der Waals surface area contributed by atoms with Gasteiger partial charge in [0.25, 0.3) is 0 Å². The topological polar surface area (TPSA) is 73.9 Å². The molecule has 0 saturated heterocycles. The third-order valence-corrected chi connectivity index (χ3v) is 3.81. The highest BCUT2D eigenvalue weighted by Crippen LogP contribution is 2.40. The molecule has 0 fully saturated rings. The van der Waals surface area contributed by atoms with Crippen molar-refractivity contribution in [2.45, 2.75) is 6.54 Å². The second kappa shape index (κ2) is 6.32. The maximum absolute atomic E-state index is 11.0. The number of benzene rings is 1. The SMILES string of the molecule is COc1cc(CNCCS(C)(=O)=O)cc2c1OCCO2. The third-order valence-electron chi connectivity index (χ3n) is 2.87. The Morgan fingerprint density at radius 1 is 1.30 bits per heavy atom. The molecule has 0 aromatic heterocycles. The van der Waals surface area contributed by atoms with Gasteiger partial charge in [-0.15, -0.1) is 0 Å². The Morgan fingerprint density at radius 3 is 2.75 bits per heavy atom. The number of nitrogens with one attached hydrogen (secondary N) is 1. The Hall–Kier alpha value is -1.47. The van der Waals surface area contributed by atoms with Crippen molar-refractivity contribution in [3.63, 3.8) is 0 Å². The van der Waals surface area contributed by atoms with Crippen molar-refractivity contribution < 1.29 is 22.6 Å². The summed E-state index contributed by atoms with van der Waals surface area (Å²) in [5.74, 6) is 2.03. The lowest BCUT2D eigenvalue weighted by molar-refractivity contribution is 0.165. The summed E-state index contributed by atoms with van der Waals surface area (Å²) in [6.07, 6.45) is 1.22. The van der Waals surface area contributed by atoms with Crippen LogP contribution < -0.4 is 19.5 Å². The van der Waals surface area contributed by atoms with E-state index in [0.717, 1.165) is 5.56 Å². The molecule has 1 heterocycles. The quantitative estimate of drug-likeness (QED) is 0.776. The van der Waals surface area contributed by atoms with E-state index in [-0.39, 0.29) is 5.75 Å². The lowest BCUT2D eigenvalue weighted by atomic mass is 10.1. The summed E-state index contributed by atoms with van der Waals surface area (Å²) < 4.78 is 38.4. The van der Waals surface area contributed by atoms with Gasteiger partial charge in [-0.3, -0.25) is 0 Å². The number of sulfone groups is 1. The van der Waals surface area contributed by atoms with E-state index in [1.54, 1.807) is 7.11 Å². The lowest BCUT2D eigenvalue weighted by Gasteiger charge is -2.21. The van der Waals surface area contributed by atoms with Gasteiger partial charge in [-0.25, -0.2) is 8.42 Å². The first-order valence-corrected chi connectivity index (χ1v) is 8.40. The Morgan fingerprint density at radius 2 is 2.05 bits per heavy atom. The number of hydrogen-bond donors (Lipinski definition) is 1. The van der Waals surface area contributed by atoms with Crippen LogP contribution in [0.15, 0.2) is 12.1 Å². The highest BCUT2D eigenvalue weighted by atomic mass is 32.2. The molecule has 0 atom stereocenters. The molecule has 0 bridgehead atoms. The van der Waals surface area contributed by atoms with Gasteiger partial charge < -0.3 is 19.5 Å². The molecule has 0 amide bonds. The van der Waals surface area contributed by atoms with Gasteiger partial charge in [-0.1, -0.05) is 0 Å². The highest BCUT2D eigenvalue weighted by molar-refractivity contribution is 7.90. The smallest absolute Gasteiger partial charge is 0.203 e. The molecule has 0 saturated carbocycles. The zero-order valence-corrected chi connectivity index (χ0v) is 12.5. The largest absolute Gasteiger partial charge is 0.493 e. The van der Waals surface area contributed by atoms with Gasteiger partial charge in [0.2, 0.25) is 5.75 Å². The van der Waals surface area contributed by atoms with Gasteiger partial charge in [0, 0.05) is 19.3 Å². The molecule has 20 heavy (non-hydrogen) atoms. The second-order valence-electron chi connectivity index (χ2n) is 4.63. The number of rotatable bonds is 6. The molecule has 7 heteroatoms. The van der Waals surface area contributed by atoms with E-state index in [9.17, 15) is 8.42 Å². The Kier molecular flexibility index (Phi) is 4.72. The Labute approximate surface area is 118 Å². The van der Waals surface area contributed by atoms with Crippen LogP contribution in [0.25, 0.3) is 0 Å². The zero-order valence-electron chi connectivity index (χ0n) is 11.6. The van der Waals surface area contributed by atoms with Crippen molar-refractivity contribution in [3.05, 3.63) is 17.7 Å². The molecule has 2 rings (SSSR count). The molecule has 6 nitrogen and oxygen atoms in total. The van der Waals surface area contributed by atoms with Gasteiger partial charge in [0.15, 0.2) is 11.5 Å².